The molecule has 0 atom stereocenters. The summed E-state index contributed by atoms with van der Waals surface area (Å²) in [5.41, 5.74) is 2.37. The van der Waals surface area contributed by atoms with Gasteiger partial charge in [-0.05, 0) is 70.9 Å². The number of H-pyrrole nitrogens is 1. The number of nitrogens with zero attached hydrogens (tertiary/aromatic N) is 2. The number of nitriles is 1. The molecule has 0 bridgehead atoms. The molecule has 1 aromatic heterocycles. The second-order valence-corrected chi connectivity index (χ2v) is 9.88. The summed E-state index contributed by atoms with van der Waals surface area (Å²) in [5, 5.41) is 23.1. The number of hydrogen-bond donors (Lipinski definition) is 3. The highest BCUT2D eigenvalue weighted by atomic mass is 16.5. The third kappa shape index (κ3) is 5.24. The number of aromatic nitrogens is 2. The minimum absolute atomic E-state index is 0.0620. The van der Waals surface area contributed by atoms with Gasteiger partial charge in [0.1, 0.15) is 17.6 Å². The van der Waals surface area contributed by atoms with Gasteiger partial charge in [-0.1, -0.05) is 12.1 Å². The van der Waals surface area contributed by atoms with Gasteiger partial charge in [0.25, 0.3) is 5.91 Å². The predicted octanol–water partition coefficient (Wildman–Crippen LogP) is 4.78. The molecule has 3 aromatic rings. The van der Waals surface area contributed by atoms with Crippen molar-refractivity contribution in [1.29, 1.82) is 5.26 Å². The monoisotopic (exact) mass is 443 g/mol. The number of para-hydroxylation sites is 1. The fourth-order valence-electron chi connectivity index (χ4n) is 4.84. The van der Waals surface area contributed by atoms with E-state index in [-0.39, 0.29) is 23.0 Å². The highest BCUT2D eigenvalue weighted by Crippen LogP contribution is 2.35. The average Bonchev–Trinajstić information content (AvgIpc) is 3.26. The summed E-state index contributed by atoms with van der Waals surface area (Å²) in [7, 11) is 0. The fourth-order valence-corrected chi connectivity index (χ4v) is 4.84. The van der Waals surface area contributed by atoms with Crippen LogP contribution >= 0.6 is 0 Å². The van der Waals surface area contributed by atoms with Crippen LogP contribution in [0.2, 0.25) is 0 Å². The molecule has 0 saturated carbocycles. The molecule has 3 N–H and O–H groups in total. The van der Waals surface area contributed by atoms with Gasteiger partial charge in [-0.3, -0.25) is 9.89 Å². The number of carbonyl (C=O) groups excluding carboxylic acids is 1. The number of benzene rings is 2. The quantitative estimate of drug-likeness (QED) is 0.527. The Morgan fingerprint density at radius 3 is 2.52 bits per heavy atom. The van der Waals surface area contributed by atoms with Gasteiger partial charge >= 0.3 is 0 Å². The van der Waals surface area contributed by atoms with Gasteiger partial charge in [-0.25, -0.2) is 0 Å². The zero-order chi connectivity index (χ0) is 23.6. The van der Waals surface area contributed by atoms with Crippen LogP contribution in [0.4, 0.5) is 0 Å². The maximum atomic E-state index is 13.2. The van der Waals surface area contributed by atoms with E-state index in [1.54, 1.807) is 42.7 Å². The van der Waals surface area contributed by atoms with Gasteiger partial charge in [0.15, 0.2) is 0 Å². The first-order valence-electron chi connectivity index (χ1n) is 11.1. The van der Waals surface area contributed by atoms with Crippen molar-refractivity contribution in [2.75, 3.05) is 0 Å². The summed E-state index contributed by atoms with van der Waals surface area (Å²) >= 11 is 0. The summed E-state index contributed by atoms with van der Waals surface area (Å²) in [5.74, 6) is 0.878. The number of carbonyl (C=O) groups is 1. The van der Waals surface area contributed by atoms with Gasteiger partial charge in [0.2, 0.25) is 0 Å². The van der Waals surface area contributed by atoms with Gasteiger partial charge in [-0.2, -0.15) is 10.4 Å². The zero-order valence-electron chi connectivity index (χ0n) is 19.4. The maximum absolute atomic E-state index is 13.2. The summed E-state index contributed by atoms with van der Waals surface area (Å²) in [6.45, 7) is 8.65. The van der Waals surface area contributed by atoms with Crippen LogP contribution in [-0.2, 0) is 0 Å². The number of aromatic amines is 1. The summed E-state index contributed by atoms with van der Waals surface area (Å²) < 4.78 is 6.09. The number of rotatable bonds is 5. The Bertz CT molecular complexity index is 1180. The van der Waals surface area contributed by atoms with Crippen molar-refractivity contribution in [3.8, 4) is 28.7 Å². The molecule has 170 valence electrons. The molecule has 1 aliphatic rings. The Balaban J connectivity index is 1.62. The van der Waals surface area contributed by atoms with E-state index in [1.165, 1.54) is 0 Å². The van der Waals surface area contributed by atoms with Gasteiger partial charge in [-0.15, -0.1) is 0 Å². The van der Waals surface area contributed by atoms with E-state index >= 15 is 0 Å². The summed E-state index contributed by atoms with van der Waals surface area (Å²) in [6, 6.07) is 14.6. The summed E-state index contributed by atoms with van der Waals surface area (Å²) in [4.78, 5) is 13.2. The highest BCUT2D eigenvalue weighted by molar-refractivity contribution is 5.96. The lowest BCUT2D eigenvalue weighted by Crippen LogP contribution is -2.62. The highest BCUT2D eigenvalue weighted by Gasteiger charge is 2.38. The number of hydrogen-bond acceptors (Lipinski definition) is 5. The van der Waals surface area contributed by atoms with Crippen molar-refractivity contribution in [2.24, 2.45) is 0 Å². The molecule has 7 heteroatoms. The molecule has 0 spiro atoms. The molecule has 2 heterocycles. The maximum Gasteiger partial charge on any atom is 0.251 e. The first kappa shape index (κ1) is 22.6. The largest absolute Gasteiger partial charge is 0.455 e. The van der Waals surface area contributed by atoms with Crippen LogP contribution < -0.4 is 15.4 Å². The molecule has 4 rings (SSSR count). The summed E-state index contributed by atoms with van der Waals surface area (Å²) in [6.07, 6.45) is 5.13. The topological polar surface area (TPSA) is 103 Å². The molecule has 7 nitrogen and oxygen atoms in total. The third-order valence-electron chi connectivity index (χ3n) is 5.80. The molecule has 1 fully saturated rings. The van der Waals surface area contributed by atoms with Crippen molar-refractivity contribution in [3.63, 3.8) is 0 Å². The second kappa shape index (κ2) is 8.72. The molecule has 1 amide bonds. The van der Waals surface area contributed by atoms with Crippen LogP contribution in [0.25, 0.3) is 11.1 Å². The molecule has 0 unspecified atom stereocenters. The van der Waals surface area contributed by atoms with E-state index in [1.807, 2.05) is 12.1 Å². The Morgan fingerprint density at radius 1 is 1.12 bits per heavy atom. The van der Waals surface area contributed by atoms with Gasteiger partial charge in [0.05, 0.1) is 11.8 Å². The van der Waals surface area contributed by atoms with E-state index in [9.17, 15) is 10.1 Å². The van der Waals surface area contributed by atoms with Crippen molar-refractivity contribution < 1.29 is 9.53 Å². The Hall–Kier alpha value is -3.63. The number of nitrogens with one attached hydrogen (secondary N) is 3. The standard InChI is InChI=1S/C26H29N5O2/c1-25(2)12-20(13-26(3,4)31-25)30-24(32)17-9-10-23(21(11-17)19-15-28-29-16-19)33-22-8-6-5-7-18(22)14-27/h5-11,15-16,20,31H,12-13H2,1-4H3,(H,28,29)(H,30,32). The van der Waals surface area contributed by atoms with Gasteiger partial charge < -0.3 is 15.4 Å². The Labute approximate surface area is 194 Å². The second-order valence-electron chi connectivity index (χ2n) is 9.88. The Morgan fingerprint density at radius 2 is 1.85 bits per heavy atom. The molecular formula is C26H29N5O2. The van der Waals surface area contributed by atoms with E-state index in [4.69, 9.17) is 4.74 Å². The number of ether oxygens (including phenoxy) is 1. The van der Waals surface area contributed by atoms with Crippen molar-refractivity contribution in [3.05, 3.63) is 66.0 Å². The third-order valence-corrected chi connectivity index (χ3v) is 5.80. The first-order chi connectivity index (χ1) is 15.7. The SMILES string of the molecule is CC1(C)CC(NC(=O)c2ccc(Oc3ccccc3C#N)c(-c3cn[nH]c3)c2)CC(C)(C)N1. The molecule has 0 aliphatic carbocycles. The lowest BCUT2D eigenvalue weighted by molar-refractivity contribution is 0.0873. The van der Waals surface area contributed by atoms with Crippen molar-refractivity contribution >= 4 is 5.91 Å². The normalized spacial score (nSPS) is 17.2. The molecule has 1 saturated heterocycles. The minimum Gasteiger partial charge on any atom is -0.455 e. The predicted molar refractivity (Wildman–Crippen MR) is 127 cm³/mol. The first-order valence-corrected chi connectivity index (χ1v) is 11.1. The average molecular weight is 444 g/mol. The lowest BCUT2D eigenvalue weighted by Gasteiger charge is -2.46. The smallest absolute Gasteiger partial charge is 0.251 e. The number of amides is 1. The van der Waals surface area contributed by atoms with Crippen LogP contribution in [0.1, 0.15) is 56.5 Å². The van der Waals surface area contributed by atoms with Gasteiger partial charge in [0, 0.05) is 40.0 Å². The van der Waals surface area contributed by atoms with Crippen LogP contribution in [0.3, 0.4) is 0 Å². The van der Waals surface area contributed by atoms with E-state index in [0.29, 0.717) is 22.6 Å². The van der Waals surface area contributed by atoms with E-state index in [2.05, 4.69) is 54.6 Å². The molecule has 33 heavy (non-hydrogen) atoms. The zero-order valence-corrected chi connectivity index (χ0v) is 19.4. The van der Waals surface area contributed by atoms with E-state index in [0.717, 1.165) is 24.0 Å². The van der Waals surface area contributed by atoms with Crippen LogP contribution in [0.15, 0.2) is 54.9 Å². The van der Waals surface area contributed by atoms with Crippen molar-refractivity contribution in [2.45, 2.75) is 57.7 Å². The number of piperidine rings is 1. The molecule has 0 radical (unpaired) electrons. The Kier molecular flexibility index (Phi) is 5.96. The molecule has 2 aromatic carbocycles. The fraction of sp³-hybridized carbons (Fsp3) is 0.346. The van der Waals surface area contributed by atoms with Crippen LogP contribution in [0, 0.1) is 11.3 Å². The van der Waals surface area contributed by atoms with Crippen molar-refractivity contribution in [1.82, 2.24) is 20.8 Å². The molecular weight excluding hydrogens is 414 g/mol. The lowest BCUT2D eigenvalue weighted by atomic mass is 9.79. The van der Waals surface area contributed by atoms with Crippen LogP contribution in [0.5, 0.6) is 11.5 Å². The molecule has 1 aliphatic heterocycles. The van der Waals surface area contributed by atoms with E-state index < -0.39 is 0 Å². The minimum atomic E-state index is -0.123. The van der Waals surface area contributed by atoms with Crippen LogP contribution in [-0.4, -0.2) is 33.2 Å².